The molecule has 0 aliphatic rings. The minimum atomic E-state index is -4.88. The number of rotatable bonds is 3. The fraction of sp³-hybridized carbons (Fsp3) is 0.222. The predicted octanol–water partition coefficient (Wildman–Crippen LogP) is 2.87. The van der Waals surface area contributed by atoms with Crippen LogP contribution < -0.4 is 4.74 Å². The Morgan fingerprint density at radius 2 is 2.06 bits per heavy atom. The Morgan fingerprint density at radius 3 is 2.50 bits per heavy atom. The number of ketones is 1. The Bertz CT molecular complexity index is 403. The quantitative estimate of drug-likeness (QED) is 0.689. The van der Waals surface area contributed by atoms with E-state index in [0.29, 0.717) is 0 Å². The fourth-order valence-corrected chi connectivity index (χ4v) is 1.30. The van der Waals surface area contributed by atoms with Gasteiger partial charge >= 0.3 is 6.36 Å². The molecular formula is C9H6BrF3O3. The first-order valence-electron chi connectivity index (χ1n) is 4.01. The number of aromatic hydroxyl groups is 1. The molecule has 1 N–H and O–H groups in total. The number of halogens is 4. The van der Waals surface area contributed by atoms with E-state index < -0.39 is 17.9 Å². The van der Waals surface area contributed by atoms with Crippen molar-refractivity contribution in [3.8, 4) is 11.5 Å². The molecule has 0 spiro atoms. The number of Topliss-reactive ketones (excluding diaryl/α,β-unsaturated/α-hetero) is 1. The first kappa shape index (κ1) is 12.8. The zero-order valence-corrected chi connectivity index (χ0v) is 9.30. The van der Waals surface area contributed by atoms with Gasteiger partial charge in [0.25, 0.3) is 0 Å². The third-order valence-electron chi connectivity index (χ3n) is 1.63. The topological polar surface area (TPSA) is 46.5 Å². The van der Waals surface area contributed by atoms with Crippen LogP contribution >= 0.6 is 15.9 Å². The van der Waals surface area contributed by atoms with Crippen LogP contribution in [0, 0.1) is 0 Å². The highest BCUT2D eigenvalue weighted by atomic mass is 79.9. The summed E-state index contributed by atoms with van der Waals surface area (Å²) in [4.78, 5) is 11.1. The number of hydrogen-bond donors (Lipinski definition) is 1. The van der Waals surface area contributed by atoms with Crippen molar-refractivity contribution in [2.24, 2.45) is 0 Å². The molecule has 0 aromatic heterocycles. The third-order valence-corrected chi connectivity index (χ3v) is 2.14. The lowest BCUT2D eigenvalue weighted by Gasteiger charge is -2.10. The number of alkyl halides is 4. The zero-order valence-electron chi connectivity index (χ0n) is 7.71. The standard InChI is InChI=1S/C9H6BrF3O3/c10-4-7(15)5-1-2-8(6(14)3-5)16-9(11,12)13/h1-3,14H,4H2. The van der Waals surface area contributed by atoms with E-state index in [2.05, 4.69) is 20.7 Å². The molecule has 0 aliphatic heterocycles. The normalized spacial score (nSPS) is 11.2. The van der Waals surface area contributed by atoms with Gasteiger partial charge in [0.1, 0.15) is 0 Å². The summed E-state index contributed by atoms with van der Waals surface area (Å²) in [6.07, 6.45) is -4.88. The van der Waals surface area contributed by atoms with Gasteiger partial charge in [-0.15, -0.1) is 13.2 Å². The maximum absolute atomic E-state index is 11.8. The molecule has 1 aromatic carbocycles. The highest BCUT2D eigenvalue weighted by Crippen LogP contribution is 2.31. The molecule has 0 unspecified atom stereocenters. The molecule has 0 bridgehead atoms. The van der Waals surface area contributed by atoms with Crippen LogP contribution in [0.4, 0.5) is 13.2 Å². The van der Waals surface area contributed by atoms with Crippen LogP contribution in [0.3, 0.4) is 0 Å². The molecule has 7 heteroatoms. The number of ether oxygens (including phenoxy) is 1. The van der Waals surface area contributed by atoms with Crippen molar-refractivity contribution in [1.29, 1.82) is 0 Å². The van der Waals surface area contributed by atoms with Crippen LogP contribution in [-0.4, -0.2) is 22.6 Å². The lowest BCUT2D eigenvalue weighted by atomic mass is 10.1. The predicted molar refractivity (Wildman–Crippen MR) is 52.9 cm³/mol. The van der Waals surface area contributed by atoms with Crippen molar-refractivity contribution in [3.63, 3.8) is 0 Å². The number of carbonyl (C=O) groups is 1. The molecule has 1 aromatic rings. The molecule has 16 heavy (non-hydrogen) atoms. The molecule has 88 valence electrons. The number of phenolic OH excluding ortho intramolecular Hbond substituents is 1. The number of phenols is 1. The Balaban J connectivity index is 2.96. The lowest BCUT2D eigenvalue weighted by molar-refractivity contribution is -0.275. The van der Waals surface area contributed by atoms with Gasteiger partial charge in [0.05, 0.1) is 5.33 Å². The molecule has 0 saturated heterocycles. The summed E-state index contributed by atoms with van der Waals surface area (Å²) in [5, 5.41) is 9.23. The van der Waals surface area contributed by atoms with Gasteiger partial charge in [-0.1, -0.05) is 15.9 Å². The van der Waals surface area contributed by atoms with E-state index >= 15 is 0 Å². The molecule has 0 amide bonds. The van der Waals surface area contributed by atoms with E-state index in [1.54, 1.807) is 0 Å². The summed E-state index contributed by atoms with van der Waals surface area (Å²) >= 11 is 2.90. The first-order valence-corrected chi connectivity index (χ1v) is 5.13. The number of hydrogen-bond acceptors (Lipinski definition) is 3. The highest BCUT2D eigenvalue weighted by molar-refractivity contribution is 9.09. The van der Waals surface area contributed by atoms with Gasteiger partial charge in [0.2, 0.25) is 0 Å². The molecule has 0 radical (unpaired) electrons. The third kappa shape index (κ3) is 3.41. The van der Waals surface area contributed by atoms with Crippen molar-refractivity contribution in [1.82, 2.24) is 0 Å². The summed E-state index contributed by atoms with van der Waals surface area (Å²) in [6.45, 7) is 0. The van der Waals surface area contributed by atoms with E-state index in [4.69, 9.17) is 0 Å². The second-order valence-electron chi connectivity index (χ2n) is 2.79. The SMILES string of the molecule is O=C(CBr)c1ccc(OC(F)(F)F)c(O)c1. The first-order chi connectivity index (χ1) is 7.33. The Hall–Kier alpha value is -1.24. The summed E-state index contributed by atoms with van der Waals surface area (Å²) in [6, 6.07) is 2.95. The van der Waals surface area contributed by atoms with Crippen LogP contribution in [0.15, 0.2) is 18.2 Å². The Morgan fingerprint density at radius 1 is 1.44 bits per heavy atom. The maximum Gasteiger partial charge on any atom is 0.573 e. The summed E-state index contributed by atoms with van der Waals surface area (Å²) < 4.78 is 39.0. The molecular weight excluding hydrogens is 293 g/mol. The average molecular weight is 299 g/mol. The molecule has 0 heterocycles. The second kappa shape index (κ2) is 4.73. The molecule has 1 rings (SSSR count). The lowest BCUT2D eigenvalue weighted by Crippen LogP contribution is -2.17. The van der Waals surface area contributed by atoms with Crippen molar-refractivity contribution in [3.05, 3.63) is 23.8 Å². The number of carbonyl (C=O) groups excluding carboxylic acids is 1. The van der Waals surface area contributed by atoms with Gasteiger partial charge < -0.3 is 9.84 Å². The number of benzene rings is 1. The van der Waals surface area contributed by atoms with Crippen molar-refractivity contribution in [2.75, 3.05) is 5.33 Å². The average Bonchev–Trinajstić information content (AvgIpc) is 2.18. The summed E-state index contributed by atoms with van der Waals surface area (Å²) in [5.74, 6) is -1.82. The van der Waals surface area contributed by atoms with Crippen LogP contribution in [-0.2, 0) is 0 Å². The van der Waals surface area contributed by atoms with Crippen LogP contribution in [0.2, 0.25) is 0 Å². The van der Waals surface area contributed by atoms with Gasteiger partial charge in [-0.2, -0.15) is 0 Å². The van der Waals surface area contributed by atoms with Crippen molar-refractivity contribution >= 4 is 21.7 Å². The Kier molecular flexibility index (Phi) is 3.79. The van der Waals surface area contributed by atoms with E-state index in [1.165, 1.54) is 0 Å². The van der Waals surface area contributed by atoms with Crippen LogP contribution in [0.25, 0.3) is 0 Å². The molecule has 0 saturated carbocycles. The van der Waals surface area contributed by atoms with Gasteiger partial charge in [-0.25, -0.2) is 0 Å². The van der Waals surface area contributed by atoms with E-state index in [1.807, 2.05) is 0 Å². The van der Waals surface area contributed by atoms with E-state index in [9.17, 15) is 23.1 Å². The second-order valence-corrected chi connectivity index (χ2v) is 3.35. The van der Waals surface area contributed by atoms with Gasteiger partial charge in [0, 0.05) is 5.56 Å². The van der Waals surface area contributed by atoms with Crippen molar-refractivity contribution < 1.29 is 27.8 Å². The molecule has 0 fully saturated rings. The molecule has 0 atom stereocenters. The smallest absolute Gasteiger partial charge is 0.504 e. The van der Waals surface area contributed by atoms with Crippen molar-refractivity contribution in [2.45, 2.75) is 6.36 Å². The molecule has 0 aliphatic carbocycles. The minimum absolute atomic E-state index is 0.0198. The highest BCUT2D eigenvalue weighted by Gasteiger charge is 2.32. The van der Waals surface area contributed by atoms with Gasteiger partial charge in [0.15, 0.2) is 17.3 Å². The monoisotopic (exact) mass is 298 g/mol. The van der Waals surface area contributed by atoms with Crippen LogP contribution in [0.1, 0.15) is 10.4 Å². The zero-order chi connectivity index (χ0) is 12.3. The fourth-order valence-electron chi connectivity index (χ4n) is 0.979. The van der Waals surface area contributed by atoms with Crippen LogP contribution in [0.5, 0.6) is 11.5 Å². The summed E-state index contributed by atoms with van der Waals surface area (Å²) in [7, 11) is 0. The minimum Gasteiger partial charge on any atom is -0.504 e. The summed E-state index contributed by atoms with van der Waals surface area (Å²) in [5.41, 5.74) is 0.101. The largest absolute Gasteiger partial charge is 0.573 e. The van der Waals surface area contributed by atoms with E-state index in [-0.39, 0.29) is 16.7 Å². The molecule has 3 nitrogen and oxygen atoms in total. The Labute approximate surface area is 97.0 Å². The van der Waals surface area contributed by atoms with Gasteiger partial charge in [-0.3, -0.25) is 4.79 Å². The van der Waals surface area contributed by atoms with Gasteiger partial charge in [-0.05, 0) is 18.2 Å². The van der Waals surface area contributed by atoms with E-state index in [0.717, 1.165) is 18.2 Å². The maximum atomic E-state index is 11.8.